The minimum atomic E-state index is 0. The maximum atomic E-state index is 6.47. The van der Waals surface area contributed by atoms with Gasteiger partial charge in [-0.25, -0.2) is 0 Å². The SMILES string of the molecule is I.N=CC=NCC=N. The second-order valence-corrected chi connectivity index (χ2v) is 0.885. The van der Waals surface area contributed by atoms with Gasteiger partial charge in [0.1, 0.15) is 0 Å². The fourth-order valence-corrected chi connectivity index (χ4v) is 0.166. The molecule has 0 fully saturated rings. The molecule has 0 aromatic carbocycles. The zero-order valence-electron chi connectivity index (χ0n) is 4.29. The molecule has 0 heterocycles. The van der Waals surface area contributed by atoms with E-state index in [0.29, 0.717) is 6.54 Å². The minimum absolute atomic E-state index is 0. The van der Waals surface area contributed by atoms with Gasteiger partial charge in [-0.2, -0.15) is 0 Å². The van der Waals surface area contributed by atoms with Crippen molar-refractivity contribution in [3.63, 3.8) is 0 Å². The molecule has 0 radical (unpaired) electrons. The van der Waals surface area contributed by atoms with E-state index in [9.17, 15) is 0 Å². The van der Waals surface area contributed by atoms with Crippen LogP contribution < -0.4 is 0 Å². The van der Waals surface area contributed by atoms with Crippen molar-refractivity contribution in [2.24, 2.45) is 4.99 Å². The Morgan fingerprint density at radius 1 is 1.38 bits per heavy atom. The van der Waals surface area contributed by atoms with E-state index >= 15 is 0 Å². The van der Waals surface area contributed by atoms with Crippen LogP contribution in [-0.2, 0) is 0 Å². The molecule has 0 unspecified atom stereocenters. The summed E-state index contributed by atoms with van der Waals surface area (Å²) in [4.78, 5) is 3.60. The van der Waals surface area contributed by atoms with Gasteiger partial charge >= 0.3 is 0 Å². The van der Waals surface area contributed by atoms with Crippen LogP contribution in [0.1, 0.15) is 0 Å². The number of hydrogen-bond donors (Lipinski definition) is 2. The molecule has 0 atom stereocenters. The lowest BCUT2D eigenvalue weighted by Gasteiger charge is -1.71. The highest BCUT2D eigenvalue weighted by Gasteiger charge is 1.61. The second kappa shape index (κ2) is 9.88. The lowest BCUT2D eigenvalue weighted by Crippen LogP contribution is -1.79. The van der Waals surface area contributed by atoms with Crippen LogP contribution in [-0.4, -0.2) is 25.2 Å². The number of hydrogen-bond acceptors (Lipinski definition) is 3. The summed E-state index contributed by atoms with van der Waals surface area (Å²) in [6.07, 6.45) is 3.62. The second-order valence-electron chi connectivity index (χ2n) is 0.885. The molecule has 0 saturated heterocycles. The van der Waals surface area contributed by atoms with Gasteiger partial charge in [0.05, 0.1) is 6.54 Å². The quantitative estimate of drug-likeness (QED) is 0.531. The Balaban J connectivity index is 0. The average molecular weight is 225 g/mol. The van der Waals surface area contributed by atoms with Crippen LogP contribution in [0.4, 0.5) is 0 Å². The van der Waals surface area contributed by atoms with Gasteiger partial charge in [-0.3, -0.25) is 4.99 Å². The predicted molar refractivity (Wildman–Crippen MR) is 46.3 cm³/mol. The van der Waals surface area contributed by atoms with E-state index in [1.165, 1.54) is 12.4 Å². The third-order valence-electron chi connectivity index (χ3n) is 0.377. The molecule has 0 aliphatic heterocycles. The summed E-state index contributed by atoms with van der Waals surface area (Å²) in [5.41, 5.74) is 0. The van der Waals surface area contributed by atoms with Crippen molar-refractivity contribution in [1.29, 1.82) is 10.8 Å². The van der Waals surface area contributed by atoms with E-state index in [1.54, 1.807) is 0 Å². The third-order valence-corrected chi connectivity index (χ3v) is 0.377. The summed E-state index contributed by atoms with van der Waals surface area (Å²) in [7, 11) is 0. The first-order valence-electron chi connectivity index (χ1n) is 1.89. The molecule has 0 saturated carbocycles. The Morgan fingerprint density at radius 3 is 2.38 bits per heavy atom. The molecule has 0 aromatic heterocycles. The van der Waals surface area contributed by atoms with Gasteiger partial charge in [0.15, 0.2) is 0 Å². The van der Waals surface area contributed by atoms with E-state index in [4.69, 9.17) is 10.8 Å². The topological polar surface area (TPSA) is 60.1 Å². The Hall–Kier alpha value is -0.260. The van der Waals surface area contributed by atoms with Gasteiger partial charge in [0.25, 0.3) is 0 Å². The minimum Gasteiger partial charge on any atom is -0.311 e. The van der Waals surface area contributed by atoms with Gasteiger partial charge in [-0.1, -0.05) is 0 Å². The number of halogens is 1. The summed E-state index contributed by atoms with van der Waals surface area (Å²) in [5.74, 6) is 0. The molecule has 2 N–H and O–H groups in total. The molecule has 0 aromatic rings. The summed E-state index contributed by atoms with van der Waals surface area (Å²) in [6.45, 7) is 0.384. The largest absolute Gasteiger partial charge is 0.311 e. The van der Waals surface area contributed by atoms with Gasteiger partial charge in [0.2, 0.25) is 0 Å². The molecule has 0 rings (SSSR count). The highest BCUT2D eigenvalue weighted by Crippen LogP contribution is 1.55. The molecule has 3 nitrogen and oxygen atoms in total. The van der Waals surface area contributed by atoms with Gasteiger partial charge in [0, 0.05) is 18.6 Å². The lowest BCUT2D eigenvalue weighted by atomic mass is 10.7. The van der Waals surface area contributed by atoms with Crippen molar-refractivity contribution in [2.75, 3.05) is 6.54 Å². The number of nitrogens with one attached hydrogen (secondary N) is 2. The molecule has 0 amide bonds. The van der Waals surface area contributed by atoms with Crippen molar-refractivity contribution >= 4 is 42.6 Å². The van der Waals surface area contributed by atoms with Crippen LogP contribution in [0.15, 0.2) is 4.99 Å². The Labute approximate surface area is 65.2 Å². The highest BCUT2D eigenvalue weighted by atomic mass is 127. The normalized spacial score (nSPS) is 8.00. The zero-order chi connectivity index (χ0) is 5.54. The van der Waals surface area contributed by atoms with Crippen LogP contribution in [0.2, 0.25) is 0 Å². The molecule has 8 heavy (non-hydrogen) atoms. The van der Waals surface area contributed by atoms with E-state index < -0.39 is 0 Å². The monoisotopic (exact) mass is 225 g/mol. The molecule has 0 spiro atoms. The standard InChI is InChI=1S/C4H7N3.HI/c5-1-3-7-4-2-6;/h1-3,5-6H,4H2;1H. The van der Waals surface area contributed by atoms with Crippen molar-refractivity contribution in [1.82, 2.24) is 0 Å². The first-order valence-corrected chi connectivity index (χ1v) is 1.89. The van der Waals surface area contributed by atoms with Gasteiger partial charge in [-0.05, 0) is 0 Å². The van der Waals surface area contributed by atoms with Crippen molar-refractivity contribution in [2.45, 2.75) is 0 Å². The van der Waals surface area contributed by atoms with Crippen molar-refractivity contribution < 1.29 is 0 Å². The fraction of sp³-hybridized carbons (Fsp3) is 0.250. The smallest absolute Gasteiger partial charge is 0.0735 e. The molecule has 46 valence electrons. The summed E-state index contributed by atoms with van der Waals surface area (Å²) < 4.78 is 0. The van der Waals surface area contributed by atoms with E-state index in [0.717, 1.165) is 6.21 Å². The number of rotatable bonds is 3. The van der Waals surface area contributed by atoms with E-state index in [1.807, 2.05) is 0 Å². The van der Waals surface area contributed by atoms with Crippen LogP contribution in [0.25, 0.3) is 0 Å². The average Bonchev–Trinajstić information content (AvgIpc) is 1.69. The molecular weight excluding hydrogens is 217 g/mol. The first kappa shape index (κ1) is 10.7. The van der Waals surface area contributed by atoms with Crippen LogP contribution in [0.5, 0.6) is 0 Å². The summed E-state index contributed by atoms with van der Waals surface area (Å²) >= 11 is 0. The molecular formula is C4H8IN3. The Bertz CT molecular complexity index is 89.3. The third kappa shape index (κ3) is 9.22. The van der Waals surface area contributed by atoms with Crippen molar-refractivity contribution in [3.8, 4) is 0 Å². The van der Waals surface area contributed by atoms with Gasteiger partial charge in [-0.15, -0.1) is 24.0 Å². The van der Waals surface area contributed by atoms with E-state index in [-0.39, 0.29) is 24.0 Å². The van der Waals surface area contributed by atoms with E-state index in [2.05, 4.69) is 4.99 Å². The lowest BCUT2D eigenvalue weighted by molar-refractivity contribution is 1.32. The summed E-state index contributed by atoms with van der Waals surface area (Å²) in [6, 6.07) is 0. The fourth-order valence-electron chi connectivity index (χ4n) is 0.166. The molecule has 0 aliphatic carbocycles. The predicted octanol–water partition coefficient (Wildman–Crippen LogP) is 0.974. The molecule has 4 heteroatoms. The first-order chi connectivity index (χ1) is 3.41. The number of aliphatic imine (C=N–C) groups is 1. The Morgan fingerprint density at radius 2 is 2.00 bits per heavy atom. The summed E-state index contributed by atoms with van der Waals surface area (Å²) in [5, 5.41) is 12.9. The van der Waals surface area contributed by atoms with Crippen molar-refractivity contribution in [3.05, 3.63) is 0 Å². The van der Waals surface area contributed by atoms with Gasteiger partial charge < -0.3 is 10.8 Å². The van der Waals surface area contributed by atoms with Crippen LogP contribution in [0.3, 0.4) is 0 Å². The molecule has 0 aliphatic rings. The highest BCUT2D eigenvalue weighted by molar-refractivity contribution is 14.0. The zero-order valence-corrected chi connectivity index (χ0v) is 6.62. The maximum absolute atomic E-state index is 6.47. The molecule has 0 bridgehead atoms. The number of nitrogens with zero attached hydrogens (tertiary/aromatic N) is 1. The van der Waals surface area contributed by atoms with Crippen LogP contribution in [0, 0.1) is 10.8 Å². The van der Waals surface area contributed by atoms with Crippen LogP contribution >= 0.6 is 24.0 Å². The Kier molecular flexibility index (Phi) is 13.2. The maximum Gasteiger partial charge on any atom is 0.0735 e.